The summed E-state index contributed by atoms with van der Waals surface area (Å²) in [5.41, 5.74) is 0.0908. The van der Waals surface area contributed by atoms with E-state index in [9.17, 15) is 13.2 Å². The van der Waals surface area contributed by atoms with Gasteiger partial charge in [0.15, 0.2) is 5.69 Å². The number of methoxy groups -OCH3 is 1. The summed E-state index contributed by atoms with van der Waals surface area (Å²) < 4.78 is 32.5. The molecule has 0 fully saturated rings. The van der Waals surface area contributed by atoms with Crippen molar-refractivity contribution in [2.45, 2.75) is 24.8 Å². The topological polar surface area (TPSA) is 97.4 Å². The third-order valence-corrected chi connectivity index (χ3v) is 5.05. The average molecular weight is 351 g/mol. The van der Waals surface area contributed by atoms with Gasteiger partial charge in [-0.25, -0.2) is 22.9 Å². The summed E-state index contributed by atoms with van der Waals surface area (Å²) in [5.74, 6) is -0.608. The fourth-order valence-electron chi connectivity index (χ4n) is 2.41. The molecule has 2 N–H and O–H groups in total. The predicted octanol–water partition coefficient (Wildman–Crippen LogP) is 1.30. The molecule has 1 aromatic heterocycles. The molecule has 0 aliphatic rings. The zero-order valence-electron chi connectivity index (χ0n) is 13.9. The van der Waals surface area contributed by atoms with E-state index in [0.29, 0.717) is 10.8 Å². The number of rotatable bonds is 7. The minimum absolute atomic E-state index is 0.00653. The van der Waals surface area contributed by atoms with Crippen LogP contribution in [0, 0.1) is 0 Å². The molecule has 130 valence electrons. The maximum atomic E-state index is 12.6. The van der Waals surface area contributed by atoms with E-state index < -0.39 is 16.0 Å². The monoisotopic (exact) mass is 351 g/mol. The SMILES string of the molecule is CCN[C@H](C)CNS(=O)(=O)c1cccc2c(C(=O)OC)nccc12. The molecular formula is C16H21N3O4S. The van der Waals surface area contributed by atoms with Crippen molar-refractivity contribution in [2.24, 2.45) is 0 Å². The second kappa shape index (κ2) is 7.69. The number of fused-ring (bicyclic) bond motifs is 1. The molecule has 1 atom stereocenters. The number of carbonyl (C=O) groups is 1. The maximum Gasteiger partial charge on any atom is 0.357 e. The number of hydrogen-bond acceptors (Lipinski definition) is 6. The lowest BCUT2D eigenvalue weighted by Gasteiger charge is -2.15. The highest BCUT2D eigenvalue weighted by molar-refractivity contribution is 7.89. The van der Waals surface area contributed by atoms with Crippen LogP contribution in [0.4, 0.5) is 0 Å². The molecule has 0 bridgehead atoms. The van der Waals surface area contributed by atoms with E-state index in [1.165, 1.54) is 19.4 Å². The minimum Gasteiger partial charge on any atom is -0.464 e. The number of sulfonamides is 1. The highest BCUT2D eigenvalue weighted by atomic mass is 32.2. The van der Waals surface area contributed by atoms with Gasteiger partial charge in [-0.2, -0.15) is 0 Å². The molecule has 0 aliphatic heterocycles. The number of nitrogens with one attached hydrogen (secondary N) is 2. The van der Waals surface area contributed by atoms with Crippen LogP contribution >= 0.6 is 0 Å². The summed E-state index contributed by atoms with van der Waals surface area (Å²) in [7, 11) is -2.46. The third kappa shape index (κ3) is 3.89. The van der Waals surface area contributed by atoms with Crippen molar-refractivity contribution in [2.75, 3.05) is 20.2 Å². The lowest BCUT2D eigenvalue weighted by atomic mass is 10.1. The molecule has 0 radical (unpaired) electrons. The Kier molecular flexibility index (Phi) is 5.87. The van der Waals surface area contributed by atoms with Gasteiger partial charge in [0, 0.05) is 29.6 Å². The largest absolute Gasteiger partial charge is 0.464 e. The van der Waals surface area contributed by atoms with Crippen molar-refractivity contribution in [3.05, 3.63) is 36.2 Å². The summed E-state index contributed by atoms with van der Waals surface area (Å²) in [5, 5.41) is 4.00. The van der Waals surface area contributed by atoms with Gasteiger partial charge in [-0.3, -0.25) is 0 Å². The number of esters is 1. The van der Waals surface area contributed by atoms with Crippen molar-refractivity contribution >= 4 is 26.8 Å². The van der Waals surface area contributed by atoms with Crippen LogP contribution in [0.25, 0.3) is 10.8 Å². The molecule has 24 heavy (non-hydrogen) atoms. The van der Waals surface area contributed by atoms with E-state index in [0.717, 1.165) is 6.54 Å². The summed E-state index contributed by atoms with van der Waals surface area (Å²) in [6.07, 6.45) is 1.40. The molecule has 2 aromatic rings. The van der Waals surface area contributed by atoms with Crippen molar-refractivity contribution in [3.63, 3.8) is 0 Å². The van der Waals surface area contributed by atoms with Crippen molar-refractivity contribution in [1.82, 2.24) is 15.0 Å². The van der Waals surface area contributed by atoms with Crippen LogP contribution < -0.4 is 10.0 Å². The Morgan fingerprint density at radius 2 is 2.04 bits per heavy atom. The number of nitrogens with zero attached hydrogens (tertiary/aromatic N) is 1. The van der Waals surface area contributed by atoms with Crippen LogP contribution in [0.15, 0.2) is 35.4 Å². The van der Waals surface area contributed by atoms with Crippen LogP contribution in [0.3, 0.4) is 0 Å². The smallest absolute Gasteiger partial charge is 0.357 e. The zero-order valence-corrected chi connectivity index (χ0v) is 14.7. The van der Waals surface area contributed by atoms with Gasteiger partial charge < -0.3 is 10.1 Å². The van der Waals surface area contributed by atoms with E-state index in [1.54, 1.807) is 18.2 Å². The fraction of sp³-hybridized carbons (Fsp3) is 0.375. The highest BCUT2D eigenvalue weighted by Gasteiger charge is 2.20. The first-order chi connectivity index (χ1) is 11.4. The Bertz CT molecular complexity index is 836. The molecule has 8 heteroatoms. The van der Waals surface area contributed by atoms with Crippen molar-refractivity contribution in [1.29, 1.82) is 0 Å². The number of ether oxygens (including phenoxy) is 1. The summed E-state index contributed by atoms with van der Waals surface area (Å²) in [6, 6.07) is 6.31. The maximum absolute atomic E-state index is 12.6. The Balaban J connectivity index is 2.44. The number of hydrogen-bond donors (Lipinski definition) is 2. The van der Waals surface area contributed by atoms with Gasteiger partial charge in [0.05, 0.1) is 12.0 Å². The number of likely N-dealkylation sites (N-methyl/N-ethyl adjacent to an activating group) is 1. The summed E-state index contributed by atoms with van der Waals surface area (Å²) in [6.45, 7) is 4.87. The number of aromatic nitrogens is 1. The second-order valence-electron chi connectivity index (χ2n) is 5.31. The second-order valence-corrected chi connectivity index (χ2v) is 7.05. The highest BCUT2D eigenvalue weighted by Crippen LogP contribution is 2.24. The molecule has 0 spiro atoms. The van der Waals surface area contributed by atoms with Gasteiger partial charge in [-0.05, 0) is 25.6 Å². The van der Waals surface area contributed by atoms with Gasteiger partial charge >= 0.3 is 5.97 Å². The van der Waals surface area contributed by atoms with Crippen LogP contribution in [-0.2, 0) is 14.8 Å². The summed E-state index contributed by atoms with van der Waals surface area (Å²) >= 11 is 0. The Morgan fingerprint density at radius 1 is 1.29 bits per heavy atom. The Labute approximate surface area is 141 Å². The lowest BCUT2D eigenvalue weighted by Crippen LogP contribution is -2.38. The fourth-order valence-corrected chi connectivity index (χ4v) is 3.76. The molecule has 2 rings (SSSR count). The Hall–Kier alpha value is -2.03. The first kappa shape index (κ1) is 18.3. The summed E-state index contributed by atoms with van der Waals surface area (Å²) in [4.78, 5) is 15.9. The zero-order chi connectivity index (χ0) is 17.7. The molecule has 0 unspecified atom stereocenters. The van der Waals surface area contributed by atoms with Gasteiger partial charge in [-0.15, -0.1) is 0 Å². The average Bonchev–Trinajstić information content (AvgIpc) is 2.58. The van der Waals surface area contributed by atoms with Gasteiger partial charge in [0.25, 0.3) is 0 Å². The molecular weight excluding hydrogens is 330 g/mol. The van der Waals surface area contributed by atoms with Gasteiger partial charge in [-0.1, -0.05) is 19.1 Å². The Morgan fingerprint density at radius 3 is 2.71 bits per heavy atom. The van der Waals surface area contributed by atoms with Crippen LogP contribution in [-0.4, -0.2) is 45.6 Å². The standard InChI is InChI=1S/C16H21N3O4S/c1-4-17-11(2)10-19-24(21,22)14-7-5-6-13-12(14)8-9-18-15(13)16(20)23-3/h5-9,11,17,19H,4,10H2,1-3H3/t11-/m1/s1. The van der Waals surface area contributed by atoms with Crippen LogP contribution in [0.1, 0.15) is 24.3 Å². The van der Waals surface area contributed by atoms with E-state index in [-0.39, 0.29) is 23.2 Å². The number of pyridine rings is 1. The molecule has 0 saturated heterocycles. The van der Waals surface area contributed by atoms with Crippen molar-refractivity contribution in [3.8, 4) is 0 Å². The molecule has 1 heterocycles. The van der Waals surface area contributed by atoms with Crippen LogP contribution in [0.5, 0.6) is 0 Å². The molecule has 7 nitrogen and oxygen atoms in total. The number of benzene rings is 1. The molecule has 0 amide bonds. The molecule has 0 aliphatic carbocycles. The van der Waals surface area contributed by atoms with E-state index in [2.05, 4.69) is 15.0 Å². The predicted molar refractivity (Wildman–Crippen MR) is 91.4 cm³/mol. The van der Waals surface area contributed by atoms with E-state index >= 15 is 0 Å². The lowest BCUT2D eigenvalue weighted by molar-refractivity contribution is 0.0596. The van der Waals surface area contributed by atoms with Crippen molar-refractivity contribution < 1.29 is 17.9 Å². The third-order valence-electron chi connectivity index (χ3n) is 3.57. The minimum atomic E-state index is -3.72. The van der Waals surface area contributed by atoms with E-state index in [1.807, 2.05) is 13.8 Å². The number of carbonyl (C=O) groups excluding carboxylic acids is 1. The van der Waals surface area contributed by atoms with Gasteiger partial charge in [0.2, 0.25) is 10.0 Å². The first-order valence-electron chi connectivity index (χ1n) is 7.59. The molecule has 0 saturated carbocycles. The quantitative estimate of drug-likeness (QED) is 0.730. The molecule has 1 aromatic carbocycles. The normalized spacial score (nSPS) is 13.0. The van der Waals surface area contributed by atoms with Crippen LogP contribution in [0.2, 0.25) is 0 Å². The van der Waals surface area contributed by atoms with Gasteiger partial charge in [0.1, 0.15) is 0 Å². The first-order valence-corrected chi connectivity index (χ1v) is 9.08. The van der Waals surface area contributed by atoms with E-state index in [4.69, 9.17) is 4.74 Å².